The smallest absolute Gasteiger partial charge is 0.337 e. The van der Waals surface area contributed by atoms with Gasteiger partial charge in [-0.1, -0.05) is 38.2 Å². The van der Waals surface area contributed by atoms with E-state index in [2.05, 4.69) is 16.2 Å². The largest absolute Gasteiger partial charge is 0.382 e. The Labute approximate surface area is 146 Å². The number of urea groups is 1. The Balaban J connectivity index is 1.73. The number of anilines is 1. The van der Waals surface area contributed by atoms with Gasteiger partial charge in [0.05, 0.1) is 0 Å². The SMILES string of the molecule is N[C@H](CC1CCCCC1)C(O)C(=O)NNC(=O)Nc1cccc(F)c1. The molecule has 2 atom stereocenters. The molecule has 1 fully saturated rings. The number of hydrogen-bond donors (Lipinski definition) is 5. The molecule has 1 aromatic carbocycles. The van der Waals surface area contributed by atoms with E-state index in [0.717, 1.165) is 31.7 Å². The van der Waals surface area contributed by atoms with E-state index >= 15 is 0 Å². The van der Waals surface area contributed by atoms with Crippen molar-refractivity contribution in [2.45, 2.75) is 50.7 Å². The molecule has 0 bridgehead atoms. The van der Waals surface area contributed by atoms with Gasteiger partial charge in [0.1, 0.15) is 11.9 Å². The van der Waals surface area contributed by atoms with Gasteiger partial charge in [-0.25, -0.2) is 14.6 Å². The van der Waals surface area contributed by atoms with Crippen molar-refractivity contribution in [3.8, 4) is 0 Å². The number of hydrogen-bond acceptors (Lipinski definition) is 4. The second kappa shape index (κ2) is 9.33. The van der Waals surface area contributed by atoms with Crippen LogP contribution in [0.25, 0.3) is 0 Å². The Bertz CT molecular complexity index is 593. The lowest BCUT2D eigenvalue weighted by Crippen LogP contribution is -2.53. The zero-order chi connectivity index (χ0) is 18.2. The summed E-state index contributed by atoms with van der Waals surface area (Å²) in [4.78, 5) is 23.6. The second-order valence-corrected chi connectivity index (χ2v) is 6.43. The van der Waals surface area contributed by atoms with Crippen LogP contribution in [0, 0.1) is 11.7 Å². The van der Waals surface area contributed by atoms with E-state index in [1.807, 2.05) is 0 Å². The molecular weight excluding hydrogens is 327 g/mol. The van der Waals surface area contributed by atoms with E-state index in [4.69, 9.17) is 5.73 Å². The van der Waals surface area contributed by atoms with Gasteiger partial charge in [0.25, 0.3) is 5.91 Å². The van der Waals surface area contributed by atoms with E-state index in [1.54, 1.807) is 0 Å². The number of rotatable bonds is 5. The minimum atomic E-state index is -1.41. The first-order valence-electron chi connectivity index (χ1n) is 8.52. The molecule has 25 heavy (non-hydrogen) atoms. The molecule has 0 aliphatic heterocycles. The predicted molar refractivity (Wildman–Crippen MR) is 91.9 cm³/mol. The summed E-state index contributed by atoms with van der Waals surface area (Å²) >= 11 is 0. The van der Waals surface area contributed by atoms with Crippen molar-refractivity contribution >= 4 is 17.6 Å². The molecule has 8 heteroatoms. The van der Waals surface area contributed by atoms with Crippen molar-refractivity contribution in [1.29, 1.82) is 0 Å². The lowest BCUT2D eigenvalue weighted by molar-refractivity contribution is -0.131. The maximum Gasteiger partial charge on any atom is 0.337 e. The number of aliphatic hydroxyl groups excluding tert-OH is 1. The van der Waals surface area contributed by atoms with Gasteiger partial charge in [0.15, 0.2) is 0 Å². The van der Waals surface area contributed by atoms with E-state index in [-0.39, 0.29) is 5.69 Å². The van der Waals surface area contributed by atoms with Gasteiger partial charge in [-0.05, 0) is 30.5 Å². The summed E-state index contributed by atoms with van der Waals surface area (Å²) in [5.74, 6) is -0.848. The van der Waals surface area contributed by atoms with Crippen LogP contribution in [0.15, 0.2) is 24.3 Å². The van der Waals surface area contributed by atoms with Crippen LogP contribution < -0.4 is 21.9 Å². The Hall–Kier alpha value is -2.19. The summed E-state index contributed by atoms with van der Waals surface area (Å²) in [7, 11) is 0. The van der Waals surface area contributed by atoms with Crippen LogP contribution in [0.3, 0.4) is 0 Å². The van der Waals surface area contributed by atoms with Crippen molar-refractivity contribution in [3.05, 3.63) is 30.1 Å². The second-order valence-electron chi connectivity index (χ2n) is 6.43. The third-order valence-electron chi connectivity index (χ3n) is 4.39. The van der Waals surface area contributed by atoms with Crippen molar-refractivity contribution in [3.63, 3.8) is 0 Å². The minimum Gasteiger partial charge on any atom is -0.382 e. The van der Waals surface area contributed by atoms with Gasteiger partial charge < -0.3 is 16.2 Å². The molecular formula is C17H25FN4O3. The molecule has 3 amide bonds. The van der Waals surface area contributed by atoms with E-state index < -0.39 is 29.9 Å². The Morgan fingerprint density at radius 1 is 1.24 bits per heavy atom. The highest BCUT2D eigenvalue weighted by atomic mass is 19.1. The first kappa shape index (κ1) is 19.1. The van der Waals surface area contributed by atoms with Crippen LogP contribution in [-0.2, 0) is 4.79 Å². The highest BCUT2D eigenvalue weighted by molar-refractivity contribution is 5.91. The van der Waals surface area contributed by atoms with Crippen LogP contribution >= 0.6 is 0 Å². The fourth-order valence-corrected chi connectivity index (χ4v) is 3.05. The highest BCUT2D eigenvalue weighted by Crippen LogP contribution is 2.27. The first-order chi connectivity index (χ1) is 12.0. The summed E-state index contributed by atoms with van der Waals surface area (Å²) in [5, 5.41) is 12.4. The summed E-state index contributed by atoms with van der Waals surface area (Å²) in [6.45, 7) is 0. The average Bonchev–Trinajstić information content (AvgIpc) is 2.60. The van der Waals surface area contributed by atoms with Crippen molar-refractivity contribution in [2.75, 3.05) is 5.32 Å². The highest BCUT2D eigenvalue weighted by Gasteiger charge is 2.26. The van der Waals surface area contributed by atoms with Crippen LogP contribution in [0.4, 0.5) is 14.9 Å². The standard InChI is InChI=1S/C17H25FN4O3/c18-12-7-4-8-13(10-12)20-17(25)22-21-16(24)15(23)14(19)9-11-5-2-1-3-6-11/h4,7-8,10-11,14-15,23H,1-3,5-6,9,19H2,(H,21,24)(H2,20,22,25)/t14-,15?/m1/s1. The zero-order valence-electron chi connectivity index (χ0n) is 14.0. The molecule has 1 aliphatic rings. The normalized spacial score (nSPS) is 17.4. The Morgan fingerprint density at radius 3 is 2.64 bits per heavy atom. The van der Waals surface area contributed by atoms with Gasteiger partial charge in [-0.15, -0.1) is 0 Å². The number of amides is 3. The Morgan fingerprint density at radius 2 is 1.96 bits per heavy atom. The fourth-order valence-electron chi connectivity index (χ4n) is 3.05. The number of carbonyl (C=O) groups is 2. The van der Waals surface area contributed by atoms with Gasteiger partial charge in [-0.2, -0.15) is 0 Å². The number of nitrogens with one attached hydrogen (secondary N) is 3. The number of halogens is 1. The number of hydrazine groups is 1. The molecule has 138 valence electrons. The van der Waals surface area contributed by atoms with Crippen LogP contribution in [0.2, 0.25) is 0 Å². The quantitative estimate of drug-likeness (QED) is 0.518. The topological polar surface area (TPSA) is 116 Å². The monoisotopic (exact) mass is 352 g/mol. The molecule has 6 N–H and O–H groups in total. The number of benzene rings is 1. The van der Waals surface area contributed by atoms with Crippen LogP contribution in [0.5, 0.6) is 0 Å². The van der Waals surface area contributed by atoms with E-state index in [9.17, 15) is 19.1 Å². The maximum atomic E-state index is 13.0. The fraction of sp³-hybridized carbons (Fsp3) is 0.529. The third kappa shape index (κ3) is 6.32. The summed E-state index contributed by atoms with van der Waals surface area (Å²) in [6.07, 6.45) is 4.83. The van der Waals surface area contributed by atoms with Gasteiger partial charge in [-0.3, -0.25) is 10.2 Å². The van der Waals surface area contributed by atoms with Gasteiger partial charge in [0.2, 0.25) is 0 Å². The van der Waals surface area contributed by atoms with Crippen LogP contribution in [0.1, 0.15) is 38.5 Å². The molecule has 2 rings (SSSR count). The molecule has 1 aromatic rings. The predicted octanol–water partition coefficient (Wildman–Crippen LogP) is 1.64. The molecule has 0 saturated heterocycles. The minimum absolute atomic E-state index is 0.237. The van der Waals surface area contributed by atoms with E-state index in [1.165, 1.54) is 24.6 Å². The van der Waals surface area contributed by atoms with Gasteiger partial charge >= 0.3 is 6.03 Å². The lowest BCUT2D eigenvalue weighted by atomic mass is 9.84. The van der Waals surface area contributed by atoms with Crippen molar-refractivity contribution in [1.82, 2.24) is 10.9 Å². The molecule has 0 aromatic heterocycles. The van der Waals surface area contributed by atoms with Gasteiger partial charge in [0, 0.05) is 11.7 Å². The maximum absolute atomic E-state index is 13.0. The third-order valence-corrected chi connectivity index (χ3v) is 4.39. The summed E-state index contributed by atoms with van der Waals surface area (Å²) < 4.78 is 13.0. The molecule has 0 radical (unpaired) electrons. The van der Waals surface area contributed by atoms with Crippen LogP contribution in [-0.4, -0.2) is 29.2 Å². The number of carbonyl (C=O) groups excluding carboxylic acids is 2. The summed E-state index contributed by atoms with van der Waals surface area (Å²) in [6, 6.07) is 3.88. The molecule has 0 heterocycles. The zero-order valence-corrected chi connectivity index (χ0v) is 14.0. The molecule has 1 unspecified atom stereocenters. The van der Waals surface area contributed by atoms with Crippen molar-refractivity contribution in [2.24, 2.45) is 11.7 Å². The van der Waals surface area contributed by atoms with E-state index in [0.29, 0.717) is 12.3 Å². The first-order valence-corrected chi connectivity index (χ1v) is 8.52. The molecule has 0 spiro atoms. The number of nitrogens with two attached hydrogens (primary N) is 1. The molecule has 1 aliphatic carbocycles. The Kier molecular flexibility index (Phi) is 7.15. The average molecular weight is 352 g/mol. The van der Waals surface area contributed by atoms with Crippen molar-refractivity contribution < 1.29 is 19.1 Å². The molecule has 7 nitrogen and oxygen atoms in total. The number of aliphatic hydroxyl groups is 1. The molecule has 1 saturated carbocycles. The lowest BCUT2D eigenvalue weighted by Gasteiger charge is -2.26. The summed E-state index contributed by atoms with van der Waals surface area (Å²) in [5.41, 5.74) is 10.4.